The summed E-state index contributed by atoms with van der Waals surface area (Å²) in [6.45, 7) is 2.40. The third-order valence-electron chi connectivity index (χ3n) is 3.03. The third-order valence-corrected chi connectivity index (χ3v) is 3.03. The summed E-state index contributed by atoms with van der Waals surface area (Å²) < 4.78 is 13.8. The van der Waals surface area contributed by atoms with Gasteiger partial charge < -0.3 is 10.6 Å². The Morgan fingerprint density at radius 1 is 1.30 bits per heavy atom. The van der Waals surface area contributed by atoms with Gasteiger partial charge in [0.2, 0.25) is 0 Å². The number of nitrogens with two attached hydrogens (primary N) is 1. The van der Waals surface area contributed by atoms with Gasteiger partial charge in [-0.25, -0.2) is 9.37 Å². The molecule has 20 heavy (non-hydrogen) atoms. The Hall–Kier alpha value is -2.43. The van der Waals surface area contributed by atoms with Crippen LogP contribution >= 0.6 is 0 Å². The number of aryl methyl sites for hydroxylation is 1. The second-order valence-electron chi connectivity index (χ2n) is 4.70. The molecule has 0 radical (unpaired) electrons. The molecule has 0 aliphatic rings. The summed E-state index contributed by atoms with van der Waals surface area (Å²) in [5.74, 6) is -1.45. The molecule has 1 aromatic heterocycles. The van der Waals surface area contributed by atoms with Crippen LogP contribution in [0.15, 0.2) is 36.5 Å². The molecule has 0 atom stereocenters. The summed E-state index contributed by atoms with van der Waals surface area (Å²) in [5, 5.41) is 0. The van der Waals surface area contributed by atoms with E-state index >= 15 is 0 Å². The maximum absolute atomic E-state index is 13.8. The number of rotatable bonds is 3. The number of aromatic nitrogens is 1. The second kappa shape index (κ2) is 5.69. The van der Waals surface area contributed by atoms with Crippen LogP contribution in [0.2, 0.25) is 0 Å². The van der Waals surface area contributed by atoms with Crippen molar-refractivity contribution in [3.05, 3.63) is 59.0 Å². The van der Waals surface area contributed by atoms with Gasteiger partial charge in [0.05, 0.1) is 5.56 Å². The quantitative estimate of drug-likeness (QED) is 0.934. The number of hydrogen-bond acceptors (Lipinski definition) is 3. The molecule has 2 rings (SSSR count). The van der Waals surface area contributed by atoms with Gasteiger partial charge >= 0.3 is 0 Å². The van der Waals surface area contributed by atoms with Crippen molar-refractivity contribution in [1.82, 2.24) is 9.88 Å². The lowest BCUT2D eigenvalue weighted by Gasteiger charge is -2.18. The van der Waals surface area contributed by atoms with E-state index in [1.54, 1.807) is 7.05 Å². The van der Waals surface area contributed by atoms with Crippen molar-refractivity contribution in [1.29, 1.82) is 0 Å². The van der Waals surface area contributed by atoms with E-state index in [0.29, 0.717) is 6.54 Å². The molecule has 0 fully saturated rings. The first-order chi connectivity index (χ1) is 9.49. The molecule has 0 saturated carbocycles. The van der Waals surface area contributed by atoms with Crippen molar-refractivity contribution in [2.24, 2.45) is 0 Å². The minimum Gasteiger partial charge on any atom is -0.381 e. The molecule has 104 valence electrons. The van der Waals surface area contributed by atoms with Crippen LogP contribution in [0.1, 0.15) is 21.5 Å². The fourth-order valence-corrected chi connectivity index (χ4v) is 1.87. The molecule has 4 nitrogen and oxygen atoms in total. The molecular weight excluding hydrogens is 257 g/mol. The second-order valence-corrected chi connectivity index (χ2v) is 4.70. The predicted molar refractivity (Wildman–Crippen MR) is 75.6 cm³/mol. The Morgan fingerprint density at radius 2 is 1.95 bits per heavy atom. The van der Waals surface area contributed by atoms with Crippen molar-refractivity contribution in [2.45, 2.75) is 13.5 Å². The van der Waals surface area contributed by atoms with Crippen LogP contribution in [0, 0.1) is 12.7 Å². The maximum Gasteiger partial charge on any atom is 0.257 e. The van der Waals surface area contributed by atoms with Gasteiger partial charge in [0.25, 0.3) is 5.91 Å². The van der Waals surface area contributed by atoms with Crippen LogP contribution in [0.25, 0.3) is 0 Å². The summed E-state index contributed by atoms with van der Waals surface area (Å²) in [4.78, 5) is 17.2. The highest BCUT2D eigenvalue weighted by Gasteiger charge is 2.18. The lowest BCUT2D eigenvalue weighted by atomic mass is 10.1. The number of halogens is 1. The summed E-state index contributed by atoms with van der Waals surface area (Å²) >= 11 is 0. The van der Waals surface area contributed by atoms with Gasteiger partial charge in [-0.1, -0.05) is 29.8 Å². The Labute approximate surface area is 117 Å². The van der Waals surface area contributed by atoms with Crippen molar-refractivity contribution in [3.63, 3.8) is 0 Å². The van der Waals surface area contributed by atoms with Crippen molar-refractivity contribution < 1.29 is 9.18 Å². The number of nitrogens with zero attached hydrogens (tertiary/aromatic N) is 2. The molecule has 1 aromatic carbocycles. The number of nitrogen functional groups attached to an aromatic ring is 1. The Bertz CT molecular complexity index is 626. The molecule has 1 amide bonds. The van der Waals surface area contributed by atoms with E-state index in [0.717, 1.165) is 11.1 Å². The van der Waals surface area contributed by atoms with E-state index in [1.165, 1.54) is 17.2 Å². The lowest BCUT2D eigenvalue weighted by Crippen LogP contribution is -2.27. The summed E-state index contributed by atoms with van der Waals surface area (Å²) in [7, 11) is 1.62. The van der Waals surface area contributed by atoms with Crippen molar-refractivity contribution >= 4 is 11.7 Å². The summed E-state index contributed by atoms with van der Waals surface area (Å²) in [6, 6.07) is 9.16. The summed E-state index contributed by atoms with van der Waals surface area (Å²) in [5.41, 5.74) is 7.44. The Kier molecular flexibility index (Phi) is 3.98. The van der Waals surface area contributed by atoms with Gasteiger partial charge in [0.15, 0.2) is 11.6 Å². The van der Waals surface area contributed by atoms with E-state index in [4.69, 9.17) is 5.73 Å². The monoisotopic (exact) mass is 273 g/mol. The molecule has 0 bridgehead atoms. The standard InChI is InChI=1S/C15H16FN3O/c1-10-3-5-11(6-4-10)9-19(2)15(20)12-7-8-18-14(17)13(12)16/h3-8H,9H2,1-2H3,(H2,17,18). The highest BCUT2D eigenvalue weighted by Crippen LogP contribution is 2.15. The molecule has 2 N–H and O–H groups in total. The molecule has 0 aliphatic heterocycles. The normalized spacial score (nSPS) is 10.3. The zero-order valence-corrected chi connectivity index (χ0v) is 11.4. The minimum absolute atomic E-state index is 0.0629. The molecular formula is C15H16FN3O. The highest BCUT2D eigenvalue weighted by molar-refractivity contribution is 5.94. The molecule has 0 aliphatic carbocycles. The first kappa shape index (κ1) is 14.0. The zero-order valence-electron chi connectivity index (χ0n) is 11.4. The smallest absolute Gasteiger partial charge is 0.257 e. The van der Waals surface area contributed by atoms with E-state index in [-0.39, 0.29) is 11.4 Å². The van der Waals surface area contributed by atoms with Gasteiger partial charge in [-0.05, 0) is 18.6 Å². The Morgan fingerprint density at radius 3 is 2.60 bits per heavy atom. The van der Waals surface area contributed by atoms with Gasteiger partial charge in [-0.3, -0.25) is 4.79 Å². The van der Waals surface area contributed by atoms with Crippen LogP contribution in [0.5, 0.6) is 0 Å². The zero-order chi connectivity index (χ0) is 14.7. The van der Waals surface area contributed by atoms with Gasteiger partial charge in [0, 0.05) is 19.8 Å². The number of carbonyl (C=O) groups excluding carboxylic acids is 1. The number of benzene rings is 1. The van der Waals surface area contributed by atoms with Crippen LogP contribution in [-0.4, -0.2) is 22.8 Å². The van der Waals surface area contributed by atoms with E-state index < -0.39 is 11.7 Å². The van der Waals surface area contributed by atoms with Crippen LogP contribution in [0.3, 0.4) is 0 Å². The van der Waals surface area contributed by atoms with E-state index in [2.05, 4.69) is 4.98 Å². The summed E-state index contributed by atoms with van der Waals surface area (Å²) in [6.07, 6.45) is 1.32. The number of carbonyl (C=O) groups is 1. The van der Waals surface area contributed by atoms with Crippen molar-refractivity contribution in [2.75, 3.05) is 12.8 Å². The maximum atomic E-state index is 13.8. The van der Waals surface area contributed by atoms with Crippen LogP contribution in [-0.2, 0) is 6.54 Å². The topological polar surface area (TPSA) is 59.2 Å². The third kappa shape index (κ3) is 2.93. The molecule has 5 heteroatoms. The van der Waals surface area contributed by atoms with Crippen LogP contribution < -0.4 is 5.73 Å². The average molecular weight is 273 g/mol. The first-order valence-corrected chi connectivity index (χ1v) is 6.20. The van der Waals surface area contributed by atoms with Crippen LogP contribution in [0.4, 0.5) is 10.2 Å². The first-order valence-electron chi connectivity index (χ1n) is 6.20. The average Bonchev–Trinajstić information content (AvgIpc) is 2.43. The highest BCUT2D eigenvalue weighted by atomic mass is 19.1. The Balaban J connectivity index is 2.16. The molecule has 1 heterocycles. The fourth-order valence-electron chi connectivity index (χ4n) is 1.87. The molecule has 0 unspecified atom stereocenters. The molecule has 0 spiro atoms. The van der Waals surface area contributed by atoms with Gasteiger partial charge in [0.1, 0.15) is 0 Å². The fraction of sp³-hybridized carbons (Fsp3) is 0.200. The van der Waals surface area contributed by atoms with Gasteiger partial charge in [-0.15, -0.1) is 0 Å². The predicted octanol–water partition coefficient (Wildman–Crippen LogP) is 2.38. The van der Waals surface area contributed by atoms with Gasteiger partial charge in [-0.2, -0.15) is 0 Å². The number of hydrogen-bond donors (Lipinski definition) is 1. The van der Waals surface area contributed by atoms with E-state index in [9.17, 15) is 9.18 Å². The molecule has 2 aromatic rings. The number of amides is 1. The minimum atomic E-state index is -0.770. The SMILES string of the molecule is Cc1ccc(CN(C)C(=O)c2ccnc(N)c2F)cc1. The number of anilines is 1. The van der Waals surface area contributed by atoms with Crippen molar-refractivity contribution in [3.8, 4) is 0 Å². The largest absolute Gasteiger partial charge is 0.381 e. The van der Waals surface area contributed by atoms with E-state index in [1.807, 2.05) is 31.2 Å². The molecule has 0 saturated heterocycles. The number of pyridine rings is 1. The lowest BCUT2D eigenvalue weighted by molar-refractivity contribution is 0.0780.